The third-order valence-electron chi connectivity index (χ3n) is 3.86. The highest BCUT2D eigenvalue weighted by atomic mass is 35.5. The predicted molar refractivity (Wildman–Crippen MR) is 113 cm³/mol. The van der Waals surface area contributed by atoms with Gasteiger partial charge in [-0.2, -0.15) is 5.10 Å². The van der Waals surface area contributed by atoms with Gasteiger partial charge in [-0.05, 0) is 42.8 Å². The van der Waals surface area contributed by atoms with E-state index in [1.54, 1.807) is 54.9 Å². The maximum atomic E-state index is 12.1. The standard InChI is InChI=1S/C20H20ClN5O3/c1-13-11-26(20(22)24-13)23-10-14-7-8-17(18(9-14)28-2)29-12-19(27)25-16-6-4-3-5-15(16)21/h3-11H,12H2,1-2H3,(H2,22,24)(H,25,27). The third kappa shape index (κ3) is 5.26. The lowest BCUT2D eigenvalue weighted by atomic mass is 10.2. The molecule has 0 saturated carbocycles. The molecule has 1 heterocycles. The summed E-state index contributed by atoms with van der Waals surface area (Å²) in [5, 5.41) is 7.41. The number of benzene rings is 2. The first-order chi connectivity index (χ1) is 14.0. The van der Waals surface area contributed by atoms with Crippen LogP contribution in [-0.4, -0.2) is 35.5 Å². The molecule has 150 valence electrons. The largest absolute Gasteiger partial charge is 0.493 e. The summed E-state index contributed by atoms with van der Waals surface area (Å²) >= 11 is 6.03. The molecule has 8 nitrogen and oxygen atoms in total. The van der Waals surface area contributed by atoms with Crippen molar-refractivity contribution in [1.82, 2.24) is 9.66 Å². The Labute approximate surface area is 172 Å². The topological polar surface area (TPSA) is 104 Å². The summed E-state index contributed by atoms with van der Waals surface area (Å²) in [5.41, 5.74) is 7.83. The molecule has 0 aliphatic rings. The molecule has 0 aliphatic heterocycles. The van der Waals surface area contributed by atoms with Crippen LogP contribution in [0.5, 0.6) is 11.5 Å². The van der Waals surface area contributed by atoms with Crippen molar-refractivity contribution in [2.24, 2.45) is 5.10 Å². The Morgan fingerprint density at radius 2 is 2.10 bits per heavy atom. The molecule has 1 amide bonds. The number of amides is 1. The molecule has 0 bridgehead atoms. The minimum atomic E-state index is -0.336. The van der Waals surface area contributed by atoms with Gasteiger partial charge < -0.3 is 20.5 Å². The van der Waals surface area contributed by atoms with Gasteiger partial charge in [0, 0.05) is 0 Å². The summed E-state index contributed by atoms with van der Waals surface area (Å²) in [4.78, 5) is 16.2. The number of hydrogen-bond acceptors (Lipinski definition) is 6. The molecule has 0 atom stereocenters. The van der Waals surface area contributed by atoms with Gasteiger partial charge in [0.15, 0.2) is 18.1 Å². The highest BCUT2D eigenvalue weighted by Crippen LogP contribution is 2.28. The molecule has 0 radical (unpaired) electrons. The van der Waals surface area contributed by atoms with E-state index in [9.17, 15) is 4.79 Å². The monoisotopic (exact) mass is 413 g/mol. The molecular weight excluding hydrogens is 394 g/mol. The van der Waals surface area contributed by atoms with Gasteiger partial charge in [-0.3, -0.25) is 4.79 Å². The fraction of sp³-hybridized carbons (Fsp3) is 0.150. The summed E-state index contributed by atoms with van der Waals surface area (Å²) in [6, 6.07) is 12.2. The van der Waals surface area contributed by atoms with Crippen LogP contribution < -0.4 is 20.5 Å². The second-order valence-corrected chi connectivity index (χ2v) is 6.46. The first-order valence-electron chi connectivity index (χ1n) is 8.67. The van der Waals surface area contributed by atoms with Crippen molar-refractivity contribution in [3.05, 3.63) is 64.9 Å². The fourth-order valence-corrected chi connectivity index (χ4v) is 2.68. The number of para-hydroxylation sites is 1. The number of nitrogen functional groups attached to an aromatic ring is 1. The molecule has 2 aromatic carbocycles. The maximum Gasteiger partial charge on any atom is 0.262 e. The molecule has 1 aromatic heterocycles. The molecule has 0 unspecified atom stereocenters. The summed E-state index contributed by atoms with van der Waals surface area (Å²) in [7, 11) is 1.52. The number of nitrogens with zero attached hydrogens (tertiary/aromatic N) is 3. The van der Waals surface area contributed by atoms with Crippen molar-refractivity contribution < 1.29 is 14.3 Å². The van der Waals surface area contributed by atoms with Crippen molar-refractivity contribution in [2.45, 2.75) is 6.92 Å². The van der Waals surface area contributed by atoms with Crippen LogP contribution in [0.25, 0.3) is 0 Å². The first-order valence-corrected chi connectivity index (χ1v) is 9.05. The SMILES string of the molecule is COc1cc(C=Nn2cc(C)nc2N)ccc1OCC(=O)Nc1ccccc1Cl. The Balaban J connectivity index is 1.65. The number of halogens is 1. The van der Waals surface area contributed by atoms with E-state index in [1.165, 1.54) is 11.8 Å². The van der Waals surface area contributed by atoms with Crippen molar-refractivity contribution in [3.63, 3.8) is 0 Å². The van der Waals surface area contributed by atoms with Gasteiger partial charge in [0.2, 0.25) is 5.95 Å². The zero-order chi connectivity index (χ0) is 20.8. The number of anilines is 2. The Kier molecular flexibility index (Phi) is 6.36. The van der Waals surface area contributed by atoms with E-state index in [2.05, 4.69) is 15.4 Å². The second-order valence-electron chi connectivity index (χ2n) is 6.06. The Morgan fingerprint density at radius 1 is 1.31 bits per heavy atom. The molecule has 0 saturated heterocycles. The van der Waals surface area contributed by atoms with Crippen molar-refractivity contribution in [1.29, 1.82) is 0 Å². The summed E-state index contributed by atoms with van der Waals surface area (Å²) < 4.78 is 12.4. The average molecular weight is 414 g/mol. The van der Waals surface area contributed by atoms with Gasteiger partial charge in [-0.1, -0.05) is 23.7 Å². The van der Waals surface area contributed by atoms with Crippen LogP contribution >= 0.6 is 11.6 Å². The smallest absolute Gasteiger partial charge is 0.262 e. The Bertz CT molecular complexity index is 1050. The summed E-state index contributed by atoms with van der Waals surface area (Å²) in [6.45, 7) is 1.64. The number of rotatable bonds is 7. The number of carbonyl (C=O) groups excluding carboxylic acids is 1. The van der Waals surface area contributed by atoms with Crippen molar-refractivity contribution >= 4 is 35.4 Å². The van der Waals surface area contributed by atoms with Crippen LogP contribution in [-0.2, 0) is 4.79 Å². The molecule has 29 heavy (non-hydrogen) atoms. The number of imidazole rings is 1. The number of nitrogens with one attached hydrogen (secondary N) is 1. The minimum Gasteiger partial charge on any atom is -0.493 e. The normalized spacial score (nSPS) is 10.9. The van der Waals surface area contributed by atoms with Crippen LogP contribution in [0.3, 0.4) is 0 Å². The van der Waals surface area contributed by atoms with Crippen molar-refractivity contribution in [3.8, 4) is 11.5 Å². The molecule has 3 aromatic rings. The van der Waals surface area contributed by atoms with Gasteiger partial charge >= 0.3 is 0 Å². The number of aromatic nitrogens is 2. The third-order valence-corrected chi connectivity index (χ3v) is 4.19. The van der Waals surface area contributed by atoms with E-state index < -0.39 is 0 Å². The quantitative estimate of drug-likeness (QED) is 0.578. The van der Waals surface area contributed by atoms with E-state index in [1.807, 2.05) is 6.92 Å². The second kappa shape index (κ2) is 9.11. The van der Waals surface area contributed by atoms with Crippen LogP contribution in [0.4, 0.5) is 11.6 Å². The summed E-state index contributed by atoms with van der Waals surface area (Å²) in [5.74, 6) is 0.859. The van der Waals surface area contributed by atoms with E-state index >= 15 is 0 Å². The van der Waals surface area contributed by atoms with Gasteiger partial charge in [0.05, 0.1) is 35.9 Å². The number of hydrogen-bond donors (Lipinski definition) is 2. The highest BCUT2D eigenvalue weighted by Gasteiger charge is 2.10. The first kappa shape index (κ1) is 20.2. The lowest BCUT2D eigenvalue weighted by molar-refractivity contribution is -0.118. The van der Waals surface area contributed by atoms with Gasteiger partial charge in [0.25, 0.3) is 5.91 Å². The van der Waals surface area contributed by atoms with Gasteiger partial charge in [-0.15, -0.1) is 0 Å². The van der Waals surface area contributed by atoms with E-state index in [0.717, 1.165) is 11.3 Å². The zero-order valence-corrected chi connectivity index (χ0v) is 16.7. The van der Waals surface area contributed by atoms with Crippen molar-refractivity contribution in [2.75, 3.05) is 24.8 Å². The number of methoxy groups -OCH3 is 1. The van der Waals surface area contributed by atoms with Gasteiger partial charge in [0.1, 0.15) is 0 Å². The number of carbonyl (C=O) groups is 1. The number of ether oxygens (including phenoxy) is 2. The van der Waals surface area contributed by atoms with Crippen LogP contribution in [0.1, 0.15) is 11.3 Å². The van der Waals surface area contributed by atoms with Crippen LogP contribution in [0.2, 0.25) is 5.02 Å². The molecule has 0 aliphatic carbocycles. The maximum absolute atomic E-state index is 12.1. The predicted octanol–water partition coefficient (Wildman–Crippen LogP) is 3.34. The zero-order valence-electron chi connectivity index (χ0n) is 15.9. The Morgan fingerprint density at radius 3 is 2.79 bits per heavy atom. The molecule has 0 fully saturated rings. The number of aryl methyl sites for hydroxylation is 1. The summed E-state index contributed by atoms with van der Waals surface area (Å²) in [6.07, 6.45) is 3.34. The van der Waals surface area contributed by atoms with E-state index in [-0.39, 0.29) is 12.5 Å². The molecular formula is C20H20ClN5O3. The molecule has 3 N–H and O–H groups in total. The van der Waals surface area contributed by atoms with E-state index in [0.29, 0.717) is 28.2 Å². The molecule has 3 rings (SSSR count). The lowest BCUT2D eigenvalue weighted by Crippen LogP contribution is -2.20. The molecule has 9 heteroatoms. The fourth-order valence-electron chi connectivity index (χ4n) is 2.50. The average Bonchev–Trinajstić information content (AvgIpc) is 3.03. The van der Waals surface area contributed by atoms with Crippen LogP contribution in [0, 0.1) is 6.92 Å². The number of nitrogens with two attached hydrogens (primary N) is 1. The lowest BCUT2D eigenvalue weighted by Gasteiger charge is -2.12. The highest BCUT2D eigenvalue weighted by molar-refractivity contribution is 6.33. The molecule has 0 spiro atoms. The minimum absolute atomic E-state index is 0.195. The van der Waals surface area contributed by atoms with Gasteiger partial charge in [-0.25, -0.2) is 9.66 Å². The van der Waals surface area contributed by atoms with Crippen LogP contribution in [0.15, 0.2) is 53.8 Å². The van der Waals surface area contributed by atoms with E-state index in [4.69, 9.17) is 26.8 Å². The Hall–Kier alpha value is -3.52.